The fourth-order valence-corrected chi connectivity index (χ4v) is 5.86. The van der Waals surface area contributed by atoms with Gasteiger partial charge in [0.15, 0.2) is 0 Å². The quantitative estimate of drug-likeness (QED) is 0.153. The van der Waals surface area contributed by atoms with Gasteiger partial charge in [-0.1, -0.05) is 121 Å². The number of fused-ring (bicyclic) bond motifs is 2. The second kappa shape index (κ2) is 16.4. The van der Waals surface area contributed by atoms with Crippen molar-refractivity contribution >= 4 is 6.03 Å². The molecule has 0 radical (unpaired) electrons. The zero-order chi connectivity index (χ0) is 33.0. The summed E-state index contributed by atoms with van der Waals surface area (Å²) in [7, 11) is 0. The SMILES string of the molecule is NCc1ccccc1.O=C(NCc1ccccc1)N1CCc2[nH]nc(-c3ccccc3)c2C1.c1ccc(-c2n[nH]c3c2CNCC3)cc1. The van der Waals surface area contributed by atoms with Crippen LogP contribution in [-0.2, 0) is 39.0 Å². The average molecular weight is 639 g/mol. The molecule has 48 heavy (non-hydrogen) atoms. The zero-order valence-corrected chi connectivity index (χ0v) is 27.0. The van der Waals surface area contributed by atoms with E-state index < -0.39 is 0 Å². The molecular weight excluding hydrogens is 596 g/mol. The molecule has 2 aromatic heterocycles. The summed E-state index contributed by atoms with van der Waals surface area (Å²) in [4.78, 5) is 14.4. The van der Waals surface area contributed by atoms with Crippen molar-refractivity contribution in [2.24, 2.45) is 5.73 Å². The first-order chi connectivity index (χ1) is 23.7. The fraction of sp³-hybridized carbons (Fsp3) is 0.205. The molecule has 9 heteroatoms. The molecule has 0 unspecified atom stereocenters. The number of H-pyrrole nitrogens is 2. The van der Waals surface area contributed by atoms with Crippen LogP contribution in [0.3, 0.4) is 0 Å². The average Bonchev–Trinajstić information content (AvgIpc) is 3.80. The van der Waals surface area contributed by atoms with Crippen molar-refractivity contribution < 1.29 is 4.79 Å². The van der Waals surface area contributed by atoms with Gasteiger partial charge in [0.1, 0.15) is 0 Å². The number of rotatable bonds is 5. The van der Waals surface area contributed by atoms with Gasteiger partial charge in [-0.25, -0.2) is 4.79 Å². The first kappa shape index (κ1) is 32.4. The number of amides is 2. The Morgan fingerprint density at radius 2 is 1.21 bits per heavy atom. The van der Waals surface area contributed by atoms with Crippen LogP contribution in [0.4, 0.5) is 4.79 Å². The number of nitrogens with zero attached hydrogens (tertiary/aromatic N) is 3. The van der Waals surface area contributed by atoms with E-state index in [1.54, 1.807) is 0 Å². The minimum absolute atomic E-state index is 0.0327. The van der Waals surface area contributed by atoms with E-state index in [4.69, 9.17) is 5.73 Å². The number of nitrogens with two attached hydrogens (primary N) is 1. The van der Waals surface area contributed by atoms with Crippen molar-refractivity contribution in [2.45, 2.75) is 39.0 Å². The summed E-state index contributed by atoms with van der Waals surface area (Å²) in [6.45, 7) is 4.43. The van der Waals surface area contributed by atoms with Gasteiger partial charge < -0.3 is 21.3 Å². The van der Waals surface area contributed by atoms with Gasteiger partial charge in [0.2, 0.25) is 0 Å². The lowest BCUT2D eigenvalue weighted by atomic mass is 10.0. The van der Waals surface area contributed by atoms with Crippen molar-refractivity contribution in [1.29, 1.82) is 0 Å². The van der Waals surface area contributed by atoms with E-state index in [9.17, 15) is 4.79 Å². The molecule has 6 aromatic rings. The summed E-state index contributed by atoms with van der Waals surface area (Å²) in [5, 5.41) is 21.5. The van der Waals surface area contributed by atoms with Gasteiger partial charge in [-0.3, -0.25) is 10.2 Å². The van der Waals surface area contributed by atoms with Crippen LogP contribution in [0, 0.1) is 0 Å². The van der Waals surface area contributed by atoms with E-state index in [1.807, 2.05) is 114 Å². The lowest BCUT2D eigenvalue weighted by Crippen LogP contribution is -2.42. The number of aromatic amines is 2. The summed E-state index contributed by atoms with van der Waals surface area (Å²) >= 11 is 0. The third-order valence-corrected chi connectivity index (χ3v) is 8.49. The van der Waals surface area contributed by atoms with Crippen LogP contribution in [0.25, 0.3) is 22.5 Å². The third-order valence-electron chi connectivity index (χ3n) is 8.49. The maximum atomic E-state index is 12.5. The van der Waals surface area contributed by atoms with Crippen LogP contribution in [-0.4, -0.2) is 44.4 Å². The Kier molecular flexibility index (Phi) is 11.1. The van der Waals surface area contributed by atoms with Gasteiger partial charge in [-0.05, 0) is 11.1 Å². The lowest BCUT2D eigenvalue weighted by Gasteiger charge is -2.27. The second-order valence-corrected chi connectivity index (χ2v) is 11.7. The predicted octanol–water partition coefficient (Wildman–Crippen LogP) is 6.21. The monoisotopic (exact) mass is 638 g/mol. The van der Waals surface area contributed by atoms with Crippen LogP contribution in [0.15, 0.2) is 121 Å². The van der Waals surface area contributed by atoms with Gasteiger partial charge in [-0.15, -0.1) is 0 Å². The molecule has 0 atom stereocenters. The second-order valence-electron chi connectivity index (χ2n) is 11.7. The molecule has 0 bridgehead atoms. The van der Waals surface area contributed by atoms with Crippen LogP contribution in [0.2, 0.25) is 0 Å². The van der Waals surface area contributed by atoms with Crippen molar-refractivity contribution in [1.82, 2.24) is 35.9 Å². The van der Waals surface area contributed by atoms with E-state index in [0.29, 0.717) is 26.2 Å². The molecule has 6 N–H and O–H groups in total. The summed E-state index contributed by atoms with van der Waals surface area (Å²) < 4.78 is 0. The van der Waals surface area contributed by atoms with Gasteiger partial charge in [0.05, 0.1) is 17.9 Å². The lowest BCUT2D eigenvalue weighted by molar-refractivity contribution is 0.192. The van der Waals surface area contributed by atoms with Gasteiger partial charge in [-0.2, -0.15) is 10.2 Å². The number of aromatic nitrogens is 4. The number of hydrogen-bond donors (Lipinski definition) is 5. The van der Waals surface area contributed by atoms with E-state index >= 15 is 0 Å². The van der Waals surface area contributed by atoms with Crippen LogP contribution < -0.4 is 16.4 Å². The molecule has 0 fully saturated rings. The highest BCUT2D eigenvalue weighted by molar-refractivity contribution is 5.75. The van der Waals surface area contributed by atoms with Gasteiger partial charge in [0.25, 0.3) is 0 Å². The first-order valence-electron chi connectivity index (χ1n) is 16.4. The van der Waals surface area contributed by atoms with Crippen molar-refractivity contribution in [3.8, 4) is 22.5 Å². The molecule has 0 spiro atoms. The smallest absolute Gasteiger partial charge is 0.317 e. The maximum absolute atomic E-state index is 12.5. The number of benzene rings is 4. The molecule has 2 aliphatic rings. The Morgan fingerprint density at radius 3 is 1.77 bits per heavy atom. The maximum Gasteiger partial charge on any atom is 0.317 e. The van der Waals surface area contributed by atoms with Crippen molar-refractivity contribution in [3.05, 3.63) is 155 Å². The Hall–Kier alpha value is -5.51. The largest absolute Gasteiger partial charge is 0.334 e. The van der Waals surface area contributed by atoms with Crippen molar-refractivity contribution in [2.75, 3.05) is 13.1 Å². The number of carbonyl (C=O) groups is 1. The summed E-state index contributed by atoms with van der Waals surface area (Å²) in [5.41, 5.74) is 16.8. The van der Waals surface area contributed by atoms with E-state index in [0.717, 1.165) is 59.7 Å². The Morgan fingerprint density at radius 1 is 0.688 bits per heavy atom. The highest BCUT2D eigenvalue weighted by atomic mass is 16.2. The Labute approximate surface area is 281 Å². The summed E-state index contributed by atoms with van der Waals surface area (Å²) in [6.07, 6.45) is 1.85. The Balaban J connectivity index is 0.000000146. The number of hydrogen-bond acceptors (Lipinski definition) is 5. The third kappa shape index (κ3) is 8.25. The predicted molar refractivity (Wildman–Crippen MR) is 191 cm³/mol. The minimum atomic E-state index is -0.0327. The highest BCUT2D eigenvalue weighted by Crippen LogP contribution is 2.28. The van der Waals surface area contributed by atoms with Crippen molar-refractivity contribution in [3.63, 3.8) is 0 Å². The zero-order valence-electron chi connectivity index (χ0n) is 27.0. The van der Waals surface area contributed by atoms with Crippen LogP contribution in [0.5, 0.6) is 0 Å². The Bertz CT molecular complexity index is 1850. The van der Waals surface area contributed by atoms with Crippen LogP contribution in [0.1, 0.15) is 33.6 Å². The minimum Gasteiger partial charge on any atom is -0.334 e. The standard InChI is InChI=1S/C20H20N4O.C12H13N3.C7H9N/c25-20(21-13-15-7-3-1-4-8-15)24-12-11-18-17(14-24)19(23-22-18)16-9-5-2-6-10-16;1-2-4-9(5-3-1)12-10-8-13-7-6-11(10)14-15-12;8-6-7-4-2-1-3-5-7/h1-10H,11-14H2,(H,21,25)(H,22,23);1-5,13H,6-8H2,(H,14,15);1-5H,6,8H2. The number of urea groups is 1. The molecule has 0 saturated carbocycles. The van der Waals surface area contributed by atoms with Gasteiger partial charge in [0, 0.05) is 79.2 Å². The normalized spacial score (nSPS) is 13.1. The first-order valence-corrected chi connectivity index (χ1v) is 16.4. The molecule has 8 rings (SSSR count). The number of carbonyl (C=O) groups excluding carboxylic acids is 1. The fourth-order valence-electron chi connectivity index (χ4n) is 5.86. The van der Waals surface area contributed by atoms with E-state index in [-0.39, 0.29) is 6.03 Å². The summed E-state index contributed by atoms with van der Waals surface area (Å²) in [5.74, 6) is 0. The van der Waals surface area contributed by atoms with Gasteiger partial charge >= 0.3 is 6.03 Å². The number of nitrogens with one attached hydrogen (secondary N) is 4. The molecule has 2 aliphatic heterocycles. The molecule has 244 valence electrons. The van der Waals surface area contributed by atoms with Crippen LogP contribution >= 0.6 is 0 Å². The molecule has 2 amide bonds. The summed E-state index contributed by atoms with van der Waals surface area (Å²) in [6, 6.07) is 40.3. The molecular formula is C39H42N8O. The van der Waals surface area contributed by atoms with E-state index in [2.05, 4.69) is 43.2 Å². The van der Waals surface area contributed by atoms with E-state index in [1.165, 1.54) is 22.4 Å². The highest BCUT2D eigenvalue weighted by Gasteiger charge is 2.25. The topological polar surface area (TPSA) is 128 Å². The molecule has 9 nitrogen and oxygen atoms in total. The molecule has 0 saturated heterocycles. The molecule has 4 aromatic carbocycles. The molecule has 0 aliphatic carbocycles. The molecule has 4 heterocycles.